The number of H-pyrrole nitrogens is 1. The van der Waals surface area contributed by atoms with Crippen LogP contribution >= 0.6 is 0 Å². The molecule has 0 amide bonds. The van der Waals surface area contributed by atoms with Crippen molar-refractivity contribution < 1.29 is 13.2 Å². The summed E-state index contributed by atoms with van der Waals surface area (Å²) < 4.78 is 32.2. The summed E-state index contributed by atoms with van der Waals surface area (Å²) in [6.45, 7) is 0.416. The van der Waals surface area contributed by atoms with E-state index in [1.807, 2.05) is 0 Å². The zero-order valence-corrected chi connectivity index (χ0v) is 12.8. The Kier molecular flexibility index (Phi) is 3.09. The topological polar surface area (TPSA) is 88.2 Å². The van der Waals surface area contributed by atoms with Crippen LogP contribution in [0.5, 0.6) is 0 Å². The highest BCUT2D eigenvalue weighted by Gasteiger charge is 2.48. The van der Waals surface area contributed by atoms with Gasteiger partial charge in [0.2, 0.25) is 10.0 Å². The van der Waals surface area contributed by atoms with Crippen molar-refractivity contribution in [2.45, 2.75) is 55.4 Å². The van der Waals surface area contributed by atoms with Crippen molar-refractivity contribution >= 4 is 10.0 Å². The molecule has 2 saturated carbocycles. The molecule has 1 aliphatic heterocycles. The Morgan fingerprint density at radius 3 is 2.67 bits per heavy atom. The quantitative estimate of drug-likeness (QED) is 0.874. The van der Waals surface area contributed by atoms with Crippen molar-refractivity contribution in [3.8, 4) is 0 Å². The van der Waals surface area contributed by atoms with Crippen LogP contribution in [-0.2, 0) is 14.8 Å². The Balaban J connectivity index is 1.63. The monoisotopic (exact) mass is 312 g/mol. The van der Waals surface area contributed by atoms with Gasteiger partial charge in [0, 0.05) is 19.6 Å². The van der Waals surface area contributed by atoms with Gasteiger partial charge in [-0.2, -0.15) is 9.40 Å². The van der Waals surface area contributed by atoms with Crippen molar-refractivity contribution in [2.75, 3.05) is 13.7 Å². The molecule has 1 aromatic rings. The van der Waals surface area contributed by atoms with Gasteiger partial charge in [0.05, 0.1) is 17.4 Å². The van der Waals surface area contributed by atoms with Gasteiger partial charge in [0.1, 0.15) is 5.82 Å². The minimum atomic E-state index is -3.24. The maximum absolute atomic E-state index is 12.6. The van der Waals surface area contributed by atoms with E-state index >= 15 is 0 Å². The molecule has 1 aromatic heterocycles. The minimum absolute atomic E-state index is 0.0713. The van der Waals surface area contributed by atoms with Crippen LogP contribution in [0.3, 0.4) is 0 Å². The zero-order chi connectivity index (χ0) is 14.6. The molecule has 1 N–H and O–H groups in total. The second kappa shape index (κ2) is 4.76. The lowest BCUT2D eigenvalue weighted by molar-refractivity contribution is 0.114. The standard InChI is InChI=1S/C13H20N4O3S/c1-20-9-6-11(13-14-12(15-16-13)8-2-3-8)17(7-9)21(18,19)10-4-5-10/h8-11H,2-7H2,1H3,(H,14,15,16)/t9-,11+/m1/s1. The summed E-state index contributed by atoms with van der Waals surface area (Å²) in [5.41, 5.74) is 0. The number of sulfonamides is 1. The fourth-order valence-electron chi connectivity index (χ4n) is 2.99. The number of rotatable bonds is 5. The van der Waals surface area contributed by atoms with Gasteiger partial charge < -0.3 is 4.74 Å². The van der Waals surface area contributed by atoms with E-state index in [0.717, 1.165) is 31.5 Å². The first-order valence-corrected chi connectivity index (χ1v) is 9.05. The van der Waals surface area contributed by atoms with Crippen LogP contribution < -0.4 is 0 Å². The summed E-state index contributed by atoms with van der Waals surface area (Å²) >= 11 is 0. The average Bonchev–Trinajstić information content (AvgIpc) is 3.39. The van der Waals surface area contributed by atoms with Crippen LogP contribution in [-0.4, -0.2) is 52.9 Å². The number of methoxy groups -OCH3 is 1. The fraction of sp³-hybridized carbons (Fsp3) is 0.846. The number of aromatic amines is 1. The van der Waals surface area contributed by atoms with Crippen LogP contribution in [0.15, 0.2) is 0 Å². The van der Waals surface area contributed by atoms with Crippen LogP contribution in [0.2, 0.25) is 0 Å². The summed E-state index contributed by atoms with van der Waals surface area (Å²) in [7, 11) is -1.61. The van der Waals surface area contributed by atoms with Crippen LogP contribution in [0.4, 0.5) is 0 Å². The Bertz CT molecular complexity index is 636. The summed E-state index contributed by atoms with van der Waals surface area (Å²) in [6, 6.07) is -0.263. The molecule has 2 aliphatic carbocycles. The summed E-state index contributed by atoms with van der Waals surface area (Å²) in [6.07, 6.45) is 4.37. The van der Waals surface area contributed by atoms with Gasteiger partial charge in [0.15, 0.2) is 5.82 Å². The lowest BCUT2D eigenvalue weighted by atomic mass is 10.2. The van der Waals surface area contributed by atoms with Crippen molar-refractivity contribution in [1.82, 2.24) is 19.5 Å². The minimum Gasteiger partial charge on any atom is -0.380 e. The third-order valence-electron chi connectivity index (χ3n) is 4.60. The maximum Gasteiger partial charge on any atom is 0.217 e. The summed E-state index contributed by atoms with van der Waals surface area (Å²) in [4.78, 5) is 4.54. The second-order valence-electron chi connectivity index (χ2n) is 6.28. The molecular formula is C13H20N4O3S. The molecule has 7 nitrogen and oxygen atoms in total. The molecule has 2 heterocycles. The van der Waals surface area contributed by atoms with Gasteiger partial charge in [0.25, 0.3) is 0 Å². The molecule has 0 spiro atoms. The Morgan fingerprint density at radius 1 is 1.29 bits per heavy atom. The first-order valence-electron chi connectivity index (χ1n) is 7.55. The number of nitrogens with zero attached hydrogens (tertiary/aromatic N) is 3. The van der Waals surface area contributed by atoms with Crippen LogP contribution in [0.25, 0.3) is 0 Å². The van der Waals surface area contributed by atoms with Gasteiger partial charge in [-0.05, 0) is 32.1 Å². The Labute approximate surface area is 124 Å². The van der Waals surface area contributed by atoms with Gasteiger partial charge in [-0.1, -0.05) is 0 Å². The van der Waals surface area contributed by atoms with E-state index in [2.05, 4.69) is 15.2 Å². The molecule has 116 valence electrons. The highest BCUT2D eigenvalue weighted by atomic mass is 32.2. The molecule has 0 unspecified atom stereocenters. The zero-order valence-electron chi connectivity index (χ0n) is 12.0. The van der Waals surface area contributed by atoms with E-state index in [4.69, 9.17) is 4.74 Å². The third kappa shape index (κ3) is 2.39. The average molecular weight is 312 g/mol. The molecule has 1 saturated heterocycles. The molecule has 0 bridgehead atoms. The van der Waals surface area contributed by atoms with E-state index in [-0.39, 0.29) is 17.4 Å². The predicted octanol–water partition coefficient (Wildman–Crippen LogP) is 0.936. The van der Waals surface area contributed by atoms with E-state index in [0.29, 0.717) is 24.7 Å². The van der Waals surface area contributed by atoms with E-state index in [1.165, 1.54) is 0 Å². The first-order chi connectivity index (χ1) is 10.1. The maximum atomic E-state index is 12.6. The molecule has 0 radical (unpaired) electrons. The van der Waals surface area contributed by atoms with Gasteiger partial charge in [-0.3, -0.25) is 5.10 Å². The van der Waals surface area contributed by atoms with Crippen LogP contribution in [0, 0.1) is 0 Å². The van der Waals surface area contributed by atoms with E-state index in [9.17, 15) is 8.42 Å². The smallest absolute Gasteiger partial charge is 0.217 e. The summed E-state index contributed by atoms with van der Waals surface area (Å²) in [5.74, 6) is 1.96. The first kappa shape index (κ1) is 13.7. The molecule has 4 rings (SSSR count). The Hall–Kier alpha value is -0.990. The highest BCUT2D eigenvalue weighted by Crippen LogP contribution is 2.42. The van der Waals surface area contributed by atoms with Crippen molar-refractivity contribution in [1.29, 1.82) is 0 Å². The molecule has 21 heavy (non-hydrogen) atoms. The van der Waals surface area contributed by atoms with Gasteiger partial charge >= 0.3 is 0 Å². The van der Waals surface area contributed by atoms with Crippen molar-refractivity contribution in [2.24, 2.45) is 0 Å². The lowest BCUT2D eigenvalue weighted by Crippen LogP contribution is -2.35. The Morgan fingerprint density at radius 2 is 2.05 bits per heavy atom. The number of hydrogen-bond donors (Lipinski definition) is 1. The largest absolute Gasteiger partial charge is 0.380 e. The molecule has 2 atom stereocenters. The SMILES string of the molecule is CO[C@@H]1C[C@@H](c2nc(C3CC3)n[nH]2)N(S(=O)(=O)C2CC2)C1. The van der Waals surface area contributed by atoms with E-state index in [1.54, 1.807) is 11.4 Å². The van der Waals surface area contributed by atoms with Gasteiger partial charge in [-0.25, -0.2) is 13.4 Å². The third-order valence-corrected chi connectivity index (χ3v) is 6.97. The molecule has 3 fully saturated rings. The lowest BCUT2D eigenvalue weighted by Gasteiger charge is -2.21. The van der Waals surface area contributed by atoms with Crippen molar-refractivity contribution in [3.05, 3.63) is 11.6 Å². The molecule has 3 aliphatic rings. The highest BCUT2D eigenvalue weighted by molar-refractivity contribution is 7.90. The number of hydrogen-bond acceptors (Lipinski definition) is 5. The molecule has 8 heteroatoms. The summed E-state index contributed by atoms with van der Waals surface area (Å²) in [5, 5.41) is 7.00. The van der Waals surface area contributed by atoms with E-state index < -0.39 is 10.0 Å². The fourth-order valence-corrected chi connectivity index (χ4v) is 5.02. The normalized spacial score (nSPS) is 30.9. The number of aromatic nitrogens is 3. The number of nitrogens with one attached hydrogen (secondary N) is 1. The number of ether oxygens (including phenoxy) is 1. The molecule has 0 aromatic carbocycles. The second-order valence-corrected chi connectivity index (χ2v) is 8.44. The predicted molar refractivity (Wildman–Crippen MR) is 75.2 cm³/mol. The molecular weight excluding hydrogens is 292 g/mol. The van der Waals surface area contributed by atoms with Gasteiger partial charge in [-0.15, -0.1) is 0 Å². The van der Waals surface area contributed by atoms with Crippen molar-refractivity contribution in [3.63, 3.8) is 0 Å². The van der Waals surface area contributed by atoms with Crippen LogP contribution in [0.1, 0.15) is 55.7 Å².